The van der Waals surface area contributed by atoms with Crippen molar-refractivity contribution in [2.24, 2.45) is 0 Å². The maximum Gasteiger partial charge on any atom is 0.314 e. The molecule has 0 aliphatic heterocycles. The second-order valence-electron chi connectivity index (χ2n) is 5.03. The van der Waals surface area contributed by atoms with Gasteiger partial charge in [-0.2, -0.15) is 0 Å². The molecule has 0 saturated carbocycles. The summed E-state index contributed by atoms with van der Waals surface area (Å²) in [5.74, 6) is -3.86. The first-order chi connectivity index (χ1) is 11.0. The number of nitrogens with zero attached hydrogens (tertiary/aromatic N) is 1. The second kappa shape index (κ2) is 7.96. The monoisotopic (exact) mass is 343 g/mol. The number of nitrogens with one attached hydrogen (secondary N) is 2. The smallest absolute Gasteiger partial charge is 0.314 e. The molecule has 124 valence electrons. The van der Waals surface area contributed by atoms with E-state index in [0.717, 1.165) is 17.1 Å². The van der Waals surface area contributed by atoms with Gasteiger partial charge in [-0.3, -0.25) is 0 Å². The van der Waals surface area contributed by atoms with Gasteiger partial charge in [0.25, 0.3) is 0 Å². The molecular weight excluding hydrogens is 327 g/mol. The van der Waals surface area contributed by atoms with Crippen LogP contribution >= 0.6 is 11.3 Å². The van der Waals surface area contributed by atoms with E-state index < -0.39 is 17.5 Å². The maximum atomic E-state index is 13.1. The number of urea groups is 1. The third kappa shape index (κ3) is 4.95. The minimum absolute atomic E-state index is 0.0982. The number of thiazole rings is 1. The Morgan fingerprint density at radius 3 is 2.57 bits per heavy atom. The summed E-state index contributed by atoms with van der Waals surface area (Å²) >= 11 is 1.52. The van der Waals surface area contributed by atoms with E-state index in [1.54, 1.807) is 6.20 Å². The van der Waals surface area contributed by atoms with Gasteiger partial charge in [0, 0.05) is 30.6 Å². The Balaban J connectivity index is 1.72. The Bertz CT molecular complexity index is 641. The molecule has 8 heteroatoms. The standard InChI is InChI=1S/C15H16F3N3OS/c1-9(14-19-4-5-23-14)8-21-15(22)20-3-2-10-6-11(16)13(18)12(17)7-10/h4-7,9H,2-3,8H2,1H3,(H2,20,21,22)/t9-/m0/s1. The molecule has 0 aliphatic rings. The molecular formula is C15H16F3N3OS. The normalized spacial score (nSPS) is 12.0. The fourth-order valence-corrected chi connectivity index (χ4v) is 2.64. The molecule has 0 fully saturated rings. The summed E-state index contributed by atoms with van der Waals surface area (Å²) < 4.78 is 38.9. The molecule has 4 nitrogen and oxygen atoms in total. The van der Waals surface area contributed by atoms with Crippen LogP contribution in [-0.2, 0) is 6.42 Å². The topological polar surface area (TPSA) is 54.0 Å². The van der Waals surface area contributed by atoms with Crippen LogP contribution in [0.15, 0.2) is 23.7 Å². The zero-order chi connectivity index (χ0) is 16.8. The average molecular weight is 343 g/mol. The lowest BCUT2D eigenvalue weighted by atomic mass is 10.1. The number of hydrogen-bond acceptors (Lipinski definition) is 3. The third-order valence-corrected chi connectivity index (χ3v) is 4.19. The number of hydrogen-bond donors (Lipinski definition) is 2. The van der Waals surface area contributed by atoms with Crippen molar-refractivity contribution in [2.45, 2.75) is 19.3 Å². The molecule has 1 aromatic heterocycles. The third-order valence-electron chi connectivity index (χ3n) is 3.18. The first kappa shape index (κ1) is 17.3. The van der Waals surface area contributed by atoms with E-state index in [9.17, 15) is 18.0 Å². The maximum absolute atomic E-state index is 13.1. The van der Waals surface area contributed by atoms with Crippen LogP contribution in [-0.4, -0.2) is 24.1 Å². The van der Waals surface area contributed by atoms with Gasteiger partial charge in [0.1, 0.15) is 0 Å². The Hall–Kier alpha value is -2.09. The summed E-state index contributed by atoms with van der Waals surface area (Å²) in [4.78, 5) is 15.8. The number of amides is 2. The highest BCUT2D eigenvalue weighted by molar-refractivity contribution is 7.09. The summed E-state index contributed by atoms with van der Waals surface area (Å²) in [5.41, 5.74) is 0.276. The molecule has 23 heavy (non-hydrogen) atoms. The first-order valence-corrected chi connectivity index (χ1v) is 7.90. The van der Waals surface area contributed by atoms with Crippen molar-refractivity contribution in [3.8, 4) is 0 Å². The van der Waals surface area contributed by atoms with Crippen molar-refractivity contribution < 1.29 is 18.0 Å². The molecule has 2 rings (SSSR count). The zero-order valence-electron chi connectivity index (χ0n) is 12.4. The molecule has 0 spiro atoms. The lowest BCUT2D eigenvalue weighted by Crippen LogP contribution is -2.38. The van der Waals surface area contributed by atoms with Crippen LogP contribution in [0, 0.1) is 17.5 Å². The van der Waals surface area contributed by atoms with E-state index in [1.807, 2.05) is 12.3 Å². The molecule has 1 atom stereocenters. The van der Waals surface area contributed by atoms with Crippen LogP contribution in [0.2, 0.25) is 0 Å². The van der Waals surface area contributed by atoms with Crippen LogP contribution in [0.25, 0.3) is 0 Å². The summed E-state index contributed by atoms with van der Waals surface area (Å²) in [6.07, 6.45) is 1.90. The van der Waals surface area contributed by atoms with Crippen molar-refractivity contribution >= 4 is 17.4 Å². The van der Waals surface area contributed by atoms with E-state index in [4.69, 9.17) is 0 Å². The molecule has 0 unspecified atom stereocenters. The molecule has 1 aromatic carbocycles. The fraction of sp³-hybridized carbons (Fsp3) is 0.333. The molecule has 0 radical (unpaired) electrons. The Labute approximate surface area is 135 Å². The van der Waals surface area contributed by atoms with Crippen LogP contribution in [0.5, 0.6) is 0 Å². The van der Waals surface area contributed by atoms with Gasteiger partial charge in [-0.15, -0.1) is 11.3 Å². The van der Waals surface area contributed by atoms with Gasteiger partial charge < -0.3 is 10.6 Å². The summed E-state index contributed by atoms with van der Waals surface area (Å²) in [5, 5.41) is 8.08. The SMILES string of the molecule is C[C@@H](CNC(=O)NCCc1cc(F)c(F)c(F)c1)c1nccs1. The van der Waals surface area contributed by atoms with Crippen molar-refractivity contribution in [1.29, 1.82) is 0 Å². The van der Waals surface area contributed by atoms with Crippen molar-refractivity contribution in [3.63, 3.8) is 0 Å². The van der Waals surface area contributed by atoms with Crippen LogP contribution in [0.4, 0.5) is 18.0 Å². The van der Waals surface area contributed by atoms with Crippen molar-refractivity contribution in [3.05, 3.63) is 51.7 Å². The summed E-state index contributed by atoms with van der Waals surface area (Å²) in [7, 11) is 0. The predicted molar refractivity (Wildman–Crippen MR) is 82.0 cm³/mol. The largest absolute Gasteiger partial charge is 0.338 e. The lowest BCUT2D eigenvalue weighted by Gasteiger charge is -2.11. The summed E-state index contributed by atoms with van der Waals surface area (Å²) in [6, 6.07) is 1.46. The molecule has 0 aliphatic carbocycles. The van der Waals surface area contributed by atoms with Gasteiger partial charge in [0.15, 0.2) is 17.5 Å². The Kier molecular flexibility index (Phi) is 5.97. The van der Waals surface area contributed by atoms with E-state index in [0.29, 0.717) is 6.54 Å². The van der Waals surface area contributed by atoms with Gasteiger partial charge in [-0.05, 0) is 24.1 Å². The van der Waals surface area contributed by atoms with E-state index >= 15 is 0 Å². The van der Waals surface area contributed by atoms with E-state index in [2.05, 4.69) is 15.6 Å². The van der Waals surface area contributed by atoms with E-state index in [-0.39, 0.29) is 30.5 Å². The number of halogens is 3. The fourth-order valence-electron chi connectivity index (χ4n) is 1.95. The minimum Gasteiger partial charge on any atom is -0.338 e. The van der Waals surface area contributed by atoms with Gasteiger partial charge >= 0.3 is 6.03 Å². The molecule has 0 saturated heterocycles. The summed E-state index contributed by atoms with van der Waals surface area (Å²) in [6.45, 7) is 2.56. The number of rotatable bonds is 6. The van der Waals surface area contributed by atoms with Crippen LogP contribution < -0.4 is 10.6 Å². The van der Waals surface area contributed by atoms with Gasteiger partial charge in [-0.1, -0.05) is 6.92 Å². The second-order valence-corrected chi connectivity index (χ2v) is 5.96. The Morgan fingerprint density at radius 2 is 1.96 bits per heavy atom. The quantitative estimate of drug-likeness (QED) is 0.792. The van der Waals surface area contributed by atoms with Crippen molar-refractivity contribution in [2.75, 3.05) is 13.1 Å². The highest BCUT2D eigenvalue weighted by atomic mass is 32.1. The zero-order valence-corrected chi connectivity index (χ0v) is 13.2. The van der Waals surface area contributed by atoms with Crippen LogP contribution in [0.1, 0.15) is 23.4 Å². The first-order valence-electron chi connectivity index (χ1n) is 7.02. The molecule has 2 amide bonds. The number of carbonyl (C=O) groups excluding carboxylic acids is 1. The van der Waals surface area contributed by atoms with E-state index in [1.165, 1.54) is 11.3 Å². The van der Waals surface area contributed by atoms with Gasteiger partial charge in [0.2, 0.25) is 0 Å². The number of carbonyl (C=O) groups is 1. The van der Waals surface area contributed by atoms with Gasteiger partial charge in [-0.25, -0.2) is 22.9 Å². The number of aromatic nitrogens is 1. The predicted octanol–water partition coefficient (Wildman–Crippen LogP) is 3.21. The van der Waals surface area contributed by atoms with Gasteiger partial charge in [0.05, 0.1) is 5.01 Å². The van der Waals surface area contributed by atoms with Crippen LogP contribution in [0.3, 0.4) is 0 Å². The van der Waals surface area contributed by atoms with Crippen molar-refractivity contribution in [1.82, 2.24) is 15.6 Å². The molecule has 2 aromatic rings. The minimum atomic E-state index is -1.49. The molecule has 0 bridgehead atoms. The molecule has 2 N–H and O–H groups in total. The number of benzene rings is 1. The lowest BCUT2D eigenvalue weighted by molar-refractivity contribution is 0.240. The average Bonchev–Trinajstić information content (AvgIpc) is 3.04. The highest BCUT2D eigenvalue weighted by Crippen LogP contribution is 2.16. The highest BCUT2D eigenvalue weighted by Gasteiger charge is 2.11. The molecule has 1 heterocycles. The Morgan fingerprint density at radius 1 is 1.26 bits per heavy atom.